The summed E-state index contributed by atoms with van der Waals surface area (Å²) in [4.78, 5) is 40.5. The Morgan fingerprint density at radius 3 is 2.54 bits per heavy atom. The van der Waals surface area contributed by atoms with Gasteiger partial charge >= 0.3 is 5.69 Å². The standard InChI is InChI=1S/C24H21BrN4O5S/c1-13-9-15(10-14(2)21(13)34-16-6-7-19(33-3)18(25)11-16)29-24(32)27-23(31)20(28-29)22(30)26-12-17-5-4-8-35-17/h4-11H,12H2,1-3H3,(H,26,30)(H,27,31,32). The quantitative estimate of drug-likeness (QED) is 0.354. The Bertz CT molecular complexity index is 1490. The SMILES string of the molecule is COc1ccc(Oc2c(C)cc(-n3nc(C(=O)NCc4cccs4)c(=O)[nH]c3=O)cc2C)cc1Br. The van der Waals surface area contributed by atoms with E-state index in [9.17, 15) is 14.4 Å². The van der Waals surface area contributed by atoms with Gasteiger partial charge in [0.05, 0.1) is 23.8 Å². The summed E-state index contributed by atoms with van der Waals surface area (Å²) in [5, 5.41) is 8.60. The highest BCUT2D eigenvalue weighted by Gasteiger charge is 2.18. The van der Waals surface area contributed by atoms with Gasteiger partial charge in [-0.1, -0.05) is 6.07 Å². The normalized spacial score (nSPS) is 10.7. The van der Waals surface area contributed by atoms with Crippen LogP contribution in [0.4, 0.5) is 0 Å². The van der Waals surface area contributed by atoms with Crippen molar-refractivity contribution in [2.75, 3.05) is 7.11 Å². The summed E-state index contributed by atoms with van der Waals surface area (Å²) in [5.74, 6) is 1.21. The summed E-state index contributed by atoms with van der Waals surface area (Å²) in [5.41, 5.74) is -0.160. The van der Waals surface area contributed by atoms with Crippen molar-refractivity contribution in [2.45, 2.75) is 20.4 Å². The van der Waals surface area contributed by atoms with Crippen molar-refractivity contribution >= 4 is 33.2 Å². The molecule has 9 nitrogen and oxygen atoms in total. The number of rotatable bonds is 7. The van der Waals surface area contributed by atoms with Gasteiger partial charge in [-0.05, 0) is 82.7 Å². The van der Waals surface area contributed by atoms with Crippen LogP contribution in [0.1, 0.15) is 26.5 Å². The molecule has 0 aliphatic heterocycles. The number of amides is 1. The minimum Gasteiger partial charge on any atom is -0.496 e. The van der Waals surface area contributed by atoms with Gasteiger partial charge in [-0.15, -0.1) is 11.3 Å². The molecular weight excluding hydrogens is 536 g/mol. The highest BCUT2D eigenvalue weighted by molar-refractivity contribution is 9.10. The summed E-state index contributed by atoms with van der Waals surface area (Å²) in [6, 6.07) is 12.5. The third kappa shape index (κ3) is 5.36. The molecule has 2 heterocycles. The van der Waals surface area contributed by atoms with E-state index in [-0.39, 0.29) is 6.54 Å². The molecule has 4 aromatic rings. The molecule has 0 radical (unpaired) electrons. The molecule has 2 aromatic carbocycles. The summed E-state index contributed by atoms with van der Waals surface area (Å²) in [7, 11) is 1.58. The Morgan fingerprint density at radius 1 is 1.17 bits per heavy atom. The number of benzene rings is 2. The van der Waals surface area contributed by atoms with Crippen molar-refractivity contribution in [2.24, 2.45) is 0 Å². The number of methoxy groups -OCH3 is 1. The van der Waals surface area contributed by atoms with Crippen molar-refractivity contribution in [3.63, 3.8) is 0 Å². The number of aromatic nitrogens is 3. The predicted octanol–water partition coefficient (Wildman–Crippen LogP) is 4.09. The Kier molecular flexibility index (Phi) is 7.17. The van der Waals surface area contributed by atoms with E-state index in [0.29, 0.717) is 22.9 Å². The van der Waals surface area contributed by atoms with Crippen LogP contribution in [0.5, 0.6) is 17.2 Å². The molecule has 11 heteroatoms. The van der Waals surface area contributed by atoms with E-state index in [1.165, 1.54) is 11.3 Å². The lowest BCUT2D eigenvalue weighted by Gasteiger charge is -2.15. The van der Waals surface area contributed by atoms with E-state index >= 15 is 0 Å². The van der Waals surface area contributed by atoms with Crippen LogP contribution in [0.15, 0.2) is 61.9 Å². The largest absolute Gasteiger partial charge is 0.496 e. The van der Waals surface area contributed by atoms with Gasteiger partial charge in [0.2, 0.25) is 5.69 Å². The molecule has 1 amide bonds. The Hall–Kier alpha value is -3.70. The number of aromatic amines is 1. The Balaban J connectivity index is 1.64. The van der Waals surface area contributed by atoms with Crippen LogP contribution < -0.4 is 26.0 Å². The highest BCUT2D eigenvalue weighted by Crippen LogP contribution is 2.34. The molecule has 4 rings (SSSR count). The number of thiophene rings is 1. The van der Waals surface area contributed by atoms with Crippen molar-refractivity contribution < 1.29 is 14.3 Å². The third-order valence-electron chi connectivity index (χ3n) is 5.08. The molecule has 0 aliphatic rings. The van der Waals surface area contributed by atoms with E-state index in [4.69, 9.17) is 9.47 Å². The van der Waals surface area contributed by atoms with Crippen LogP contribution in [0.3, 0.4) is 0 Å². The Morgan fingerprint density at radius 2 is 1.91 bits per heavy atom. The summed E-state index contributed by atoms with van der Waals surface area (Å²) in [6.07, 6.45) is 0. The van der Waals surface area contributed by atoms with Gasteiger partial charge in [0.1, 0.15) is 17.2 Å². The second kappa shape index (κ2) is 10.3. The van der Waals surface area contributed by atoms with Gasteiger partial charge < -0.3 is 14.8 Å². The fourth-order valence-electron chi connectivity index (χ4n) is 3.43. The number of H-pyrrole nitrogens is 1. The molecule has 35 heavy (non-hydrogen) atoms. The minimum atomic E-state index is -0.853. The van der Waals surface area contributed by atoms with Crippen molar-refractivity contribution in [1.29, 1.82) is 0 Å². The summed E-state index contributed by atoms with van der Waals surface area (Å²) < 4.78 is 13.1. The van der Waals surface area contributed by atoms with Gasteiger partial charge in [-0.2, -0.15) is 9.78 Å². The second-order valence-electron chi connectivity index (χ2n) is 7.59. The zero-order valence-corrected chi connectivity index (χ0v) is 21.5. The van der Waals surface area contributed by atoms with Gasteiger partial charge in [0.15, 0.2) is 0 Å². The number of nitrogens with one attached hydrogen (secondary N) is 2. The molecule has 0 fully saturated rings. The highest BCUT2D eigenvalue weighted by atomic mass is 79.9. The van der Waals surface area contributed by atoms with Crippen LogP contribution in [-0.4, -0.2) is 27.8 Å². The molecule has 180 valence electrons. The molecule has 0 spiro atoms. The lowest BCUT2D eigenvalue weighted by Crippen LogP contribution is -2.39. The monoisotopic (exact) mass is 556 g/mol. The molecular formula is C24H21BrN4O5S. The number of hydrogen-bond donors (Lipinski definition) is 2. The molecule has 2 aromatic heterocycles. The van der Waals surface area contributed by atoms with E-state index < -0.39 is 22.9 Å². The van der Waals surface area contributed by atoms with E-state index in [1.807, 2.05) is 31.4 Å². The molecule has 0 atom stereocenters. The zero-order chi connectivity index (χ0) is 25.1. The van der Waals surface area contributed by atoms with Crippen LogP contribution in [-0.2, 0) is 6.54 Å². The van der Waals surface area contributed by atoms with E-state index in [1.54, 1.807) is 37.4 Å². The number of ether oxygens (including phenoxy) is 2. The summed E-state index contributed by atoms with van der Waals surface area (Å²) >= 11 is 4.92. The topological polar surface area (TPSA) is 115 Å². The number of nitrogens with zero attached hydrogens (tertiary/aromatic N) is 2. The average Bonchev–Trinajstić information content (AvgIpc) is 3.34. The first-order valence-electron chi connectivity index (χ1n) is 10.4. The smallest absolute Gasteiger partial charge is 0.349 e. The first kappa shape index (κ1) is 24.4. The number of halogens is 1. The molecule has 0 aliphatic carbocycles. The van der Waals surface area contributed by atoms with Crippen molar-refractivity contribution in [3.8, 4) is 22.9 Å². The number of carbonyl (C=O) groups excluding carboxylic acids is 1. The first-order chi connectivity index (χ1) is 16.8. The van der Waals surface area contributed by atoms with Crippen molar-refractivity contribution in [3.05, 3.63) is 94.9 Å². The van der Waals surface area contributed by atoms with Crippen LogP contribution >= 0.6 is 27.3 Å². The second-order valence-corrected chi connectivity index (χ2v) is 9.48. The average molecular weight is 557 g/mol. The summed E-state index contributed by atoms with van der Waals surface area (Å²) in [6.45, 7) is 3.91. The number of aryl methyl sites for hydroxylation is 2. The van der Waals surface area contributed by atoms with E-state index in [0.717, 1.165) is 25.2 Å². The molecule has 0 saturated heterocycles. The maximum absolute atomic E-state index is 12.6. The lowest BCUT2D eigenvalue weighted by molar-refractivity contribution is 0.0942. The molecule has 2 N–H and O–H groups in total. The molecule has 0 saturated carbocycles. The number of carbonyl (C=O) groups is 1. The van der Waals surface area contributed by atoms with Gasteiger partial charge in [-0.3, -0.25) is 14.6 Å². The molecule has 0 unspecified atom stereocenters. The fourth-order valence-corrected chi connectivity index (χ4v) is 4.59. The lowest BCUT2D eigenvalue weighted by atomic mass is 10.1. The molecule has 0 bridgehead atoms. The van der Waals surface area contributed by atoms with Crippen LogP contribution in [0, 0.1) is 13.8 Å². The maximum atomic E-state index is 12.6. The fraction of sp³-hybridized carbons (Fsp3) is 0.167. The van der Waals surface area contributed by atoms with Gasteiger partial charge in [0.25, 0.3) is 11.5 Å². The zero-order valence-electron chi connectivity index (χ0n) is 19.0. The van der Waals surface area contributed by atoms with E-state index in [2.05, 4.69) is 31.3 Å². The number of hydrogen-bond acceptors (Lipinski definition) is 7. The maximum Gasteiger partial charge on any atom is 0.349 e. The van der Waals surface area contributed by atoms with Crippen LogP contribution in [0.2, 0.25) is 0 Å². The van der Waals surface area contributed by atoms with Gasteiger partial charge in [-0.25, -0.2) is 4.79 Å². The third-order valence-corrected chi connectivity index (χ3v) is 6.58. The van der Waals surface area contributed by atoms with Crippen LogP contribution in [0.25, 0.3) is 5.69 Å². The van der Waals surface area contributed by atoms with Crippen molar-refractivity contribution in [1.82, 2.24) is 20.1 Å². The predicted molar refractivity (Wildman–Crippen MR) is 136 cm³/mol. The minimum absolute atomic E-state index is 0.252. The van der Waals surface area contributed by atoms with Gasteiger partial charge in [0, 0.05) is 4.88 Å². The Labute approximate surface area is 212 Å². The first-order valence-corrected chi connectivity index (χ1v) is 12.1.